The Balaban J connectivity index is 1.98. The van der Waals surface area contributed by atoms with Gasteiger partial charge in [-0.3, -0.25) is 4.79 Å². The van der Waals surface area contributed by atoms with Gasteiger partial charge in [0, 0.05) is 24.0 Å². The lowest BCUT2D eigenvalue weighted by molar-refractivity contribution is -0.142. The van der Waals surface area contributed by atoms with Gasteiger partial charge in [0.25, 0.3) is 0 Å². The first-order valence-corrected chi connectivity index (χ1v) is 11.2. The van der Waals surface area contributed by atoms with E-state index >= 15 is 0 Å². The third-order valence-corrected chi connectivity index (χ3v) is 5.81. The average Bonchev–Trinajstić information content (AvgIpc) is 3.16. The van der Waals surface area contributed by atoms with Crippen molar-refractivity contribution in [1.29, 1.82) is 0 Å². The summed E-state index contributed by atoms with van der Waals surface area (Å²) in [4.78, 5) is 24.2. The predicted octanol–water partition coefficient (Wildman–Crippen LogP) is 5.65. The highest BCUT2D eigenvalue weighted by molar-refractivity contribution is 7.17. The molecule has 0 amide bonds. The van der Waals surface area contributed by atoms with E-state index in [-0.39, 0.29) is 5.97 Å². The lowest BCUT2D eigenvalue weighted by Crippen LogP contribution is -2.28. The van der Waals surface area contributed by atoms with Crippen LogP contribution in [0.15, 0.2) is 36.0 Å². The molecule has 3 aromatic rings. The fraction of sp³-hybridized carbons (Fsp3) is 0.435. The summed E-state index contributed by atoms with van der Waals surface area (Å²) < 4.78 is 5.11. The molecule has 0 N–H and O–H groups in total. The van der Waals surface area contributed by atoms with Gasteiger partial charge in [0.15, 0.2) is 0 Å². The first kappa shape index (κ1) is 21.2. The molecule has 0 saturated heterocycles. The number of thiophene rings is 1. The van der Waals surface area contributed by atoms with Gasteiger partial charge in [-0.1, -0.05) is 45.0 Å². The summed E-state index contributed by atoms with van der Waals surface area (Å²) in [7, 11) is 0. The third-order valence-electron chi connectivity index (χ3n) is 4.92. The average molecular weight is 412 g/mol. The molecular weight excluding hydrogens is 382 g/mol. The highest BCUT2D eigenvalue weighted by Gasteiger charge is 2.18. The molecule has 0 fully saturated rings. The zero-order valence-corrected chi connectivity index (χ0v) is 18.5. The van der Waals surface area contributed by atoms with E-state index in [2.05, 4.69) is 65.3 Å². The molecule has 154 valence electrons. The minimum absolute atomic E-state index is 0.172. The summed E-state index contributed by atoms with van der Waals surface area (Å²) in [5.41, 5.74) is 3.64. The van der Waals surface area contributed by atoms with Crippen LogP contribution >= 0.6 is 11.3 Å². The Morgan fingerprint density at radius 1 is 1.14 bits per heavy atom. The minimum Gasteiger partial charge on any atom is -0.466 e. The molecule has 0 aliphatic heterocycles. The van der Waals surface area contributed by atoms with Crippen molar-refractivity contribution in [2.75, 3.05) is 24.6 Å². The monoisotopic (exact) mass is 411 g/mol. The molecule has 0 radical (unpaired) electrons. The van der Waals surface area contributed by atoms with Crippen molar-refractivity contribution in [3.8, 4) is 11.1 Å². The van der Waals surface area contributed by atoms with Crippen molar-refractivity contribution in [2.45, 2.75) is 46.5 Å². The van der Waals surface area contributed by atoms with Crippen molar-refractivity contribution in [3.05, 3.63) is 41.5 Å². The number of nitrogens with zero attached hydrogens (tertiary/aromatic N) is 3. The lowest BCUT2D eigenvalue weighted by Gasteiger charge is -2.24. The number of carbonyl (C=O) groups is 1. The zero-order valence-electron chi connectivity index (χ0n) is 17.6. The van der Waals surface area contributed by atoms with E-state index in [0.717, 1.165) is 34.6 Å². The normalized spacial score (nSPS) is 11.2. The Bertz CT molecular complexity index is 950. The maximum atomic E-state index is 11.9. The highest BCUT2D eigenvalue weighted by atomic mass is 32.1. The van der Waals surface area contributed by atoms with Crippen LogP contribution in [0.5, 0.6) is 0 Å². The van der Waals surface area contributed by atoms with E-state index in [1.54, 1.807) is 17.7 Å². The smallest absolute Gasteiger partial charge is 0.307 e. The molecule has 2 aromatic heterocycles. The summed E-state index contributed by atoms with van der Waals surface area (Å²) in [6, 6.07) is 8.74. The molecule has 0 aliphatic carbocycles. The number of anilines is 1. The Hall–Kier alpha value is -2.47. The molecule has 6 heteroatoms. The van der Waals surface area contributed by atoms with Crippen molar-refractivity contribution in [3.63, 3.8) is 0 Å². The van der Waals surface area contributed by atoms with Crippen LogP contribution in [0.3, 0.4) is 0 Å². The molecule has 3 rings (SSSR count). The van der Waals surface area contributed by atoms with Gasteiger partial charge in [-0.2, -0.15) is 0 Å². The van der Waals surface area contributed by atoms with Crippen LogP contribution < -0.4 is 4.90 Å². The van der Waals surface area contributed by atoms with E-state index in [0.29, 0.717) is 25.5 Å². The van der Waals surface area contributed by atoms with E-state index in [1.165, 1.54) is 11.1 Å². The summed E-state index contributed by atoms with van der Waals surface area (Å²) >= 11 is 1.63. The molecule has 0 spiro atoms. The van der Waals surface area contributed by atoms with Gasteiger partial charge in [-0.25, -0.2) is 9.97 Å². The number of rotatable bonds is 9. The Kier molecular flexibility index (Phi) is 7.20. The topological polar surface area (TPSA) is 55.3 Å². The summed E-state index contributed by atoms with van der Waals surface area (Å²) in [6.45, 7) is 10.2. The number of fused-ring (bicyclic) bond motifs is 1. The molecule has 5 nitrogen and oxygen atoms in total. The predicted molar refractivity (Wildman–Crippen MR) is 121 cm³/mol. The zero-order chi connectivity index (χ0) is 20.8. The van der Waals surface area contributed by atoms with E-state index in [1.807, 2.05) is 6.92 Å². The van der Waals surface area contributed by atoms with Crippen LogP contribution in [0, 0.1) is 0 Å². The summed E-state index contributed by atoms with van der Waals surface area (Å²) in [5.74, 6) is 1.23. The SMILES string of the molecule is CCCN(CCC(=O)OCC)c1ncnc2scc(-c3ccc(C(C)C)cc3)c12. The molecular formula is C23H29N3O2S. The number of aromatic nitrogens is 2. The van der Waals surface area contributed by atoms with Gasteiger partial charge in [-0.15, -0.1) is 11.3 Å². The fourth-order valence-corrected chi connectivity index (χ4v) is 4.32. The Morgan fingerprint density at radius 3 is 2.55 bits per heavy atom. The van der Waals surface area contributed by atoms with Gasteiger partial charge < -0.3 is 9.64 Å². The standard InChI is InChI=1S/C23H29N3O2S/c1-5-12-26(13-11-20(27)28-6-2)22-21-19(14-29-23(21)25-15-24-22)18-9-7-17(8-10-18)16(3)4/h7-10,14-16H,5-6,11-13H2,1-4H3. The molecule has 29 heavy (non-hydrogen) atoms. The number of benzene rings is 1. The first-order chi connectivity index (χ1) is 14.0. The number of esters is 1. The second kappa shape index (κ2) is 9.83. The van der Waals surface area contributed by atoms with Gasteiger partial charge in [0.2, 0.25) is 0 Å². The number of hydrogen-bond acceptors (Lipinski definition) is 6. The molecule has 0 saturated carbocycles. The van der Waals surface area contributed by atoms with Crippen LogP contribution in [-0.4, -0.2) is 35.6 Å². The molecule has 0 unspecified atom stereocenters. The second-order valence-electron chi connectivity index (χ2n) is 7.35. The largest absolute Gasteiger partial charge is 0.466 e. The fourth-order valence-electron chi connectivity index (χ4n) is 3.41. The van der Waals surface area contributed by atoms with Crippen LogP contribution in [0.4, 0.5) is 5.82 Å². The summed E-state index contributed by atoms with van der Waals surface area (Å²) in [5, 5.41) is 3.22. The van der Waals surface area contributed by atoms with E-state index in [9.17, 15) is 4.79 Å². The van der Waals surface area contributed by atoms with Gasteiger partial charge in [-0.05, 0) is 30.4 Å². The van der Waals surface area contributed by atoms with Crippen LogP contribution in [0.1, 0.15) is 52.0 Å². The van der Waals surface area contributed by atoms with Crippen LogP contribution in [0.25, 0.3) is 21.3 Å². The van der Waals surface area contributed by atoms with Gasteiger partial charge >= 0.3 is 5.97 Å². The summed E-state index contributed by atoms with van der Waals surface area (Å²) in [6.07, 6.45) is 2.94. The van der Waals surface area contributed by atoms with Crippen LogP contribution in [0.2, 0.25) is 0 Å². The quantitative estimate of drug-likeness (QED) is 0.426. The molecule has 1 aromatic carbocycles. The van der Waals surface area contributed by atoms with E-state index in [4.69, 9.17) is 4.74 Å². The first-order valence-electron chi connectivity index (χ1n) is 10.3. The number of carbonyl (C=O) groups excluding carboxylic acids is 1. The maximum Gasteiger partial charge on any atom is 0.307 e. The third kappa shape index (κ3) is 4.93. The number of ether oxygens (including phenoxy) is 1. The maximum absolute atomic E-state index is 11.9. The molecule has 0 aliphatic rings. The molecule has 0 bridgehead atoms. The van der Waals surface area contributed by atoms with Crippen molar-refractivity contribution in [2.24, 2.45) is 0 Å². The lowest BCUT2D eigenvalue weighted by atomic mass is 9.99. The second-order valence-corrected chi connectivity index (χ2v) is 8.20. The highest BCUT2D eigenvalue weighted by Crippen LogP contribution is 2.38. The van der Waals surface area contributed by atoms with E-state index < -0.39 is 0 Å². The van der Waals surface area contributed by atoms with Gasteiger partial charge in [0.1, 0.15) is 17.0 Å². The van der Waals surface area contributed by atoms with Gasteiger partial charge in [0.05, 0.1) is 18.4 Å². The van der Waals surface area contributed by atoms with Crippen molar-refractivity contribution < 1.29 is 9.53 Å². The minimum atomic E-state index is -0.172. The number of hydrogen-bond donors (Lipinski definition) is 0. The molecule has 2 heterocycles. The Labute approximate surface area is 176 Å². The van der Waals surface area contributed by atoms with Crippen LogP contribution in [-0.2, 0) is 9.53 Å². The molecule has 0 atom stereocenters. The van der Waals surface area contributed by atoms with Crippen molar-refractivity contribution in [1.82, 2.24) is 9.97 Å². The van der Waals surface area contributed by atoms with Crippen molar-refractivity contribution >= 4 is 33.3 Å². The Morgan fingerprint density at radius 2 is 1.90 bits per heavy atom.